The minimum absolute atomic E-state index is 0.0104. The fraction of sp³-hybridized carbons (Fsp3) is 0.500. The van der Waals surface area contributed by atoms with E-state index in [0.29, 0.717) is 32.2 Å². The van der Waals surface area contributed by atoms with Crippen molar-refractivity contribution in [1.82, 2.24) is 15.1 Å². The highest BCUT2D eigenvalue weighted by Crippen LogP contribution is 2.17. The monoisotopic (exact) mass is 341 g/mol. The number of hydrogen-bond acceptors (Lipinski definition) is 2. The summed E-state index contributed by atoms with van der Waals surface area (Å²) in [6, 6.07) is 10.2. The summed E-state index contributed by atoms with van der Waals surface area (Å²) in [4.78, 5) is 28.3. The number of benzene rings is 1. The Hall–Kier alpha value is -2.30. The lowest BCUT2D eigenvalue weighted by Gasteiger charge is -2.35. The van der Waals surface area contributed by atoms with Crippen LogP contribution in [-0.4, -0.2) is 54.0 Å². The van der Waals surface area contributed by atoms with Gasteiger partial charge in [-0.05, 0) is 24.5 Å². The van der Waals surface area contributed by atoms with Gasteiger partial charge in [0.1, 0.15) is 0 Å². The Balaban J connectivity index is 1.44. The fourth-order valence-electron chi connectivity index (χ4n) is 3.48. The molecule has 1 heterocycles. The van der Waals surface area contributed by atoms with Crippen molar-refractivity contribution in [3.63, 3.8) is 0 Å². The molecular formula is C20H27N3O2. The van der Waals surface area contributed by atoms with Crippen LogP contribution in [0.4, 0.5) is 4.79 Å². The third-order valence-electron chi connectivity index (χ3n) is 5.03. The van der Waals surface area contributed by atoms with Crippen LogP contribution in [0.3, 0.4) is 0 Å². The van der Waals surface area contributed by atoms with Gasteiger partial charge in [0.05, 0.1) is 0 Å². The van der Waals surface area contributed by atoms with Gasteiger partial charge in [0.25, 0.3) is 0 Å². The van der Waals surface area contributed by atoms with Crippen molar-refractivity contribution in [3.05, 3.63) is 42.0 Å². The van der Waals surface area contributed by atoms with E-state index in [4.69, 9.17) is 0 Å². The van der Waals surface area contributed by atoms with Crippen LogP contribution in [0.1, 0.15) is 37.7 Å². The molecule has 1 aromatic carbocycles. The van der Waals surface area contributed by atoms with E-state index in [2.05, 4.69) is 5.32 Å². The highest BCUT2D eigenvalue weighted by atomic mass is 16.2. The second-order valence-electron chi connectivity index (χ2n) is 6.84. The first-order valence-corrected chi connectivity index (χ1v) is 9.30. The van der Waals surface area contributed by atoms with Crippen molar-refractivity contribution in [2.24, 2.45) is 0 Å². The molecule has 1 saturated heterocycles. The fourth-order valence-corrected chi connectivity index (χ4v) is 3.48. The highest BCUT2D eigenvalue weighted by Gasteiger charge is 2.25. The van der Waals surface area contributed by atoms with Gasteiger partial charge in [0.15, 0.2) is 0 Å². The molecule has 134 valence electrons. The van der Waals surface area contributed by atoms with Crippen molar-refractivity contribution in [2.75, 3.05) is 26.2 Å². The summed E-state index contributed by atoms with van der Waals surface area (Å²) in [5, 5.41) is 3.15. The predicted molar refractivity (Wildman–Crippen MR) is 99.0 cm³/mol. The van der Waals surface area contributed by atoms with E-state index in [1.165, 1.54) is 19.3 Å². The maximum atomic E-state index is 12.4. The summed E-state index contributed by atoms with van der Waals surface area (Å²) < 4.78 is 0. The molecule has 0 radical (unpaired) electrons. The number of urea groups is 1. The van der Waals surface area contributed by atoms with Crippen LogP contribution in [0.2, 0.25) is 0 Å². The van der Waals surface area contributed by atoms with E-state index in [0.717, 1.165) is 18.4 Å². The maximum Gasteiger partial charge on any atom is 0.317 e. The Morgan fingerprint density at radius 1 is 0.920 bits per heavy atom. The molecule has 0 atom stereocenters. The van der Waals surface area contributed by atoms with E-state index < -0.39 is 0 Å². The lowest BCUT2D eigenvalue weighted by atomic mass is 9.96. The Kier molecular flexibility index (Phi) is 6.09. The van der Waals surface area contributed by atoms with Gasteiger partial charge >= 0.3 is 6.03 Å². The quantitative estimate of drug-likeness (QED) is 0.860. The summed E-state index contributed by atoms with van der Waals surface area (Å²) in [5.74, 6) is 0.0104. The molecule has 5 heteroatoms. The first kappa shape index (κ1) is 17.5. The van der Waals surface area contributed by atoms with Crippen LogP contribution in [0.5, 0.6) is 0 Å². The van der Waals surface area contributed by atoms with Crippen molar-refractivity contribution in [1.29, 1.82) is 0 Å². The Morgan fingerprint density at radius 3 is 2.24 bits per heavy atom. The molecule has 1 aliphatic heterocycles. The number of nitrogens with one attached hydrogen (secondary N) is 1. The van der Waals surface area contributed by atoms with Crippen LogP contribution in [0, 0.1) is 0 Å². The smallest absolute Gasteiger partial charge is 0.317 e. The second-order valence-corrected chi connectivity index (χ2v) is 6.84. The van der Waals surface area contributed by atoms with Crippen molar-refractivity contribution in [3.8, 4) is 0 Å². The lowest BCUT2D eigenvalue weighted by molar-refractivity contribution is -0.127. The average molecular weight is 341 g/mol. The summed E-state index contributed by atoms with van der Waals surface area (Å²) in [5.41, 5.74) is 1.02. The minimum Gasteiger partial charge on any atom is -0.336 e. The van der Waals surface area contributed by atoms with Crippen LogP contribution in [0.25, 0.3) is 6.08 Å². The van der Waals surface area contributed by atoms with Gasteiger partial charge in [-0.25, -0.2) is 4.79 Å². The Bertz CT molecular complexity index is 601. The van der Waals surface area contributed by atoms with E-state index in [1.807, 2.05) is 46.2 Å². The molecule has 0 unspecified atom stereocenters. The molecule has 1 aromatic rings. The minimum atomic E-state index is 0.0104. The van der Waals surface area contributed by atoms with E-state index in [1.54, 1.807) is 6.08 Å². The van der Waals surface area contributed by atoms with Gasteiger partial charge in [0.2, 0.25) is 5.91 Å². The zero-order chi connectivity index (χ0) is 17.5. The summed E-state index contributed by atoms with van der Waals surface area (Å²) in [7, 11) is 0. The van der Waals surface area contributed by atoms with Gasteiger partial charge in [-0.1, -0.05) is 49.6 Å². The number of nitrogens with zero attached hydrogens (tertiary/aromatic N) is 2. The molecule has 2 fully saturated rings. The molecule has 3 rings (SSSR count). The van der Waals surface area contributed by atoms with Crippen LogP contribution >= 0.6 is 0 Å². The number of amides is 3. The Labute approximate surface area is 149 Å². The van der Waals surface area contributed by atoms with E-state index in [-0.39, 0.29) is 11.9 Å². The largest absolute Gasteiger partial charge is 0.336 e. The molecule has 1 N–H and O–H groups in total. The topological polar surface area (TPSA) is 52.7 Å². The first-order chi connectivity index (χ1) is 12.2. The SMILES string of the molecule is O=C(/C=C/c1ccccc1)N1CCN(C(=O)NC2CCCCC2)CC1. The lowest BCUT2D eigenvalue weighted by Crippen LogP contribution is -2.54. The van der Waals surface area contributed by atoms with Crippen molar-refractivity contribution < 1.29 is 9.59 Å². The molecular weight excluding hydrogens is 314 g/mol. The number of rotatable bonds is 3. The zero-order valence-corrected chi connectivity index (χ0v) is 14.7. The molecule has 3 amide bonds. The first-order valence-electron chi connectivity index (χ1n) is 9.30. The Morgan fingerprint density at radius 2 is 1.56 bits per heavy atom. The predicted octanol–water partition coefficient (Wildman–Crippen LogP) is 2.89. The summed E-state index contributed by atoms with van der Waals surface area (Å²) in [6.45, 7) is 2.39. The van der Waals surface area contributed by atoms with Gasteiger partial charge < -0.3 is 15.1 Å². The van der Waals surface area contributed by atoms with Gasteiger partial charge in [-0.2, -0.15) is 0 Å². The standard InChI is InChI=1S/C20H27N3O2/c24-19(12-11-17-7-3-1-4-8-17)22-13-15-23(16-14-22)20(25)21-18-9-5-2-6-10-18/h1,3-4,7-8,11-12,18H,2,5-6,9-10,13-16H2,(H,21,25)/b12-11+. The van der Waals surface area contributed by atoms with Gasteiger partial charge in [-0.15, -0.1) is 0 Å². The van der Waals surface area contributed by atoms with Crippen molar-refractivity contribution >= 4 is 18.0 Å². The normalized spacial score (nSPS) is 19.2. The molecule has 0 aromatic heterocycles. The number of carbonyl (C=O) groups excluding carboxylic acids is 2. The molecule has 1 saturated carbocycles. The summed E-state index contributed by atoms with van der Waals surface area (Å²) >= 11 is 0. The number of hydrogen-bond donors (Lipinski definition) is 1. The van der Waals surface area contributed by atoms with Crippen LogP contribution in [-0.2, 0) is 4.79 Å². The van der Waals surface area contributed by atoms with Crippen LogP contribution < -0.4 is 5.32 Å². The second kappa shape index (κ2) is 8.70. The number of carbonyl (C=O) groups is 2. The molecule has 2 aliphatic rings. The number of piperazine rings is 1. The third-order valence-corrected chi connectivity index (χ3v) is 5.03. The van der Waals surface area contributed by atoms with E-state index in [9.17, 15) is 9.59 Å². The molecule has 5 nitrogen and oxygen atoms in total. The third kappa shape index (κ3) is 5.08. The van der Waals surface area contributed by atoms with Gasteiger partial charge in [0, 0.05) is 38.3 Å². The molecule has 0 spiro atoms. The molecule has 25 heavy (non-hydrogen) atoms. The molecule has 0 bridgehead atoms. The van der Waals surface area contributed by atoms with Crippen LogP contribution in [0.15, 0.2) is 36.4 Å². The molecule has 1 aliphatic carbocycles. The maximum absolute atomic E-state index is 12.4. The van der Waals surface area contributed by atoms with Gasteiger partial charge in [-0.3, -0.25) is 4.79 Å². The van der Waals surface area contributed by atoms with E-state index >= 15 is 0 Å². The zero-order valence-electron chi connectivity index (χ0n) is 14.7. The average Bonchev–Trinajstić information content (AvgIpc) is 2.68. The highest BCUT2D eigenvalue weighted by molar-refractivity contribution is 5.92. The van der Waals surface area contributed by atoms with Crippen molar-refractivity contribution in [2.45, 2.75) is 38.1 Å². The summed E-state index contributed by atoms with van der Waals surface area (Å²) in [6.07, 6.45) is 9.34.